The van der Waals surface area contributed by atoms with Crippen molar-refractivity contribution in [1.29, 1.82) is 0 Å². The number of hydrogen-bond acceptors (Lipinski definition) is 3. The van der Waals surface area contributed by atoms with Gasteiger partial charge in [0.2, 0.25) is 0 Å². The van der Waals surface area contributed by atoms with Crippen LogP contribution in [0.3, 0.4) is 0 Å². The van der Waals surface area contributed by atoms with Crippen LogP contribution in [0, 0.1) is 11.6 Å². The van der Waals surface area contributed by atoms with E-state index in [9.17, 15) is 18.4 Å². The predicted molar refractivity (Wildman–Crippen MR) is 88.2 cm³/mol. The molecule has 25 heavy (non-hydrogen) atoms. The number of amides is 2. The molecule has 1 N–H and O–H groups in total. The topological polar surface area (TPSA) is 58.6 Å². The highest BCUT2D eigenvalue weighted by Gasteiger charge is 2.13. The summed E-state index contributed by atoms with van der Waals surface area (Å²) < 4.78 is 31.4. The van der Waals surface area contributed by atoms with Gasteiger partial charge in [-0.25, -0.2) is 8.78 Å². The van der Waals surface area contributed by atoms with Gasteiger partial charge in [-0.2, -0.15) is 0 Å². The van der Waals surface area contributed by atoms with Crippen molar-refractivity contribution < 1.29 is 23.1 Å². The third-order valence-corrected chi connectivity index (χ3v) is 3.53. The zero-order valence-corrected chi connectivity index (χ0v) is 13.9. The summed E-state index contributed by atoms with van der Waals surface area (Å²) in [6.07, 6.45) is 0. The quantitative estimate of drug-likeness (QED) is 0.872. The highest BCUT2D eigenvalue weighted by molar-refractivity contribution is 5.93. The number of likely N-dealkylation sites (N-methyl/N-ethyl adjacent to an activating group) is 1. The normalized spacial score (nSPS) is 10.2. The molecule has 0 unspecified atom stereocenters. The summed E-state index contributed by atoms with van der Waals surface area (Å²) in [5.41, 5.74) is 1.35. The lowest BCUT2D eigenvalue weighted by atomic mass is 10.1. The molecule has 0 heterocycles. The van der Waals surface area contributed by atoms with E-state index in [0.29, 0.717) is 18.2 Å². The fourth-order valence-corrected chi connectivity index (χ4v) is 2.11. The Kier molecular flexibility index (Phi) is 6.05. The zero-order chi connectivity index (χ0) is 18.4. The molecule has 0 fully saturated rings. The van der Waals surface area contributed by atoms with Crippen LogP contribution in [0.15, 0.2) is 42.5 Å². The molecule has 0 radical (unpaired) electrons. The molecule has 2 amide bonds. The van der Waals surface area contributed by atoms with Crippen LogP contribution < -0.4 is 10.1 Å². The maximum atomic E-state index is 13.5. The Morgan fingerprint density at radius 1 is 1.12 bits per heavy atom. The summed E-state index contributed by atoms with van der Waals surface area (Å²) in [6.45, 7) is -0.0580. The molecule has 2 aromatic rings. The van der Waals surface area contributed by atoms with Crippen LogP contribution in [0.25, 0.3) is 0 Å². The van der Waals surface area contributed by atoms with E-state index in [4.69, 9.17) is 4.74 Å². The first-order valence-corrected chi connectivity index (χ1v) is 7.53. The number of nitrogens with zero attached hydrogens (tertiary/aromatic N) is 1. The van der Waals surface area contributed by atoms with Crippen LogP contribution >= 0.6 is 0 Å². The number of hydrogen-bond donors (Lipinski definition) is 1. The Morgan fingerprint density at radius 2 is 1.80 bits per heavy atom. The molecule has 132 valence electrons. The lowest BCUT2D eigenvalue weighted by Crippen LogP contribution is -2.31. The molecular weight excluding hydrogens is 330 g/mol. The van der Waals surface area contributed by atoms with Crippen molar-refractivity contribution in [3.05, 3.63) is 65.2 Å². The molecule has 2 aromatic carbocycles. The Hall–Kier alpha value is -2.96. The second-order valence-electron chi connectivity index (χ2n) is 5.39. The first kappa shape index (κ1) is 18.4. The van der Waals surface area contributed by atoms with E-state index < -0.39 is 11.6 Å². The van der Waals surface area contributed by atoms with Gasteiger partial charge in [-0.05, 0) is 29.8 Å². The van der Waals surface area contributed by atoms with E-state index in [-0.39, 0.29) is 24.2 Å². The van der Waals surface area contributed by atoms with Gasteiger partial charge in [-0.15, -0.1) is 0 Å². The molecule has 7 heteroatoms. The van der Waals surface area contributed by atoms with Crippen LogP contribution in [0.4, 0.5) is 8.78 Å². The van der Waals surface area contributed by atoms with Crippen LogP contribution in [-0.2, 0) is 11.3 Å². The molecule has 0 aliphatic heterocycles. The molecule has 0 spiro atoms. The minimum absolute atomic E-state index is 0.182. The standard InChI is InChI=1S/C18H18F2N2O3/c1-21-18(24)13-5-3-12(4-6-13)10-22(2)17(23)11-25-16-8-7-14(19)9-15(16)20/h3-9H,10-11H2,1-2H3,(H,21,24). The summed E-state index contributed by atoms with van der Waals surface area (Å²) in [5.74, 6) is -2.31. The van der Waals surface area contributed by atoms with Gasteiger partial charge in [0.05, 0.1) is 0 Å². The van der Waals surface area contributed by atoms with Gasteiger partial charge >= 0.3 is 0 Å². The molecule has 0 saturated heterocycles. The Bertz CT molecular complexity index is 763. The van der Waals surface area contributed by atoms with E-state index in [1.165, 1.54) is 4.90 Å². The maximum Gasteiger partial charge on any atom is 0.260 e. The molecule has 0 bridgehead atoms. The minimum Gasteiger partial charge on any atom is -0.481 e. The summed E-state index contributed by atoms with van der Waals surface area (Å²) in [5, 5.41) is 2.53. The number of benzene rings is 2. The fourth-order valence-electron chi connectivity index (χ4n) is 2.11. The Morgan fingerprint density at radius 3 is 2.40 bits per heavy atom. The SMILES string of the molecule is CNC(=O)c1ccc(CN(C)C(=O)COc2ccc(F)cc2F)cc1. The lowest BCUT2D eigenvalue weighted by molar-refractivity contribution is -0.132. The van der Waals surface area contributed by atoms with Crippen molar-refractivity contribution >= 4 is 11.8 Å². The molecule has 0 saturated carbocycles. The highest BCUT2D eigenvalue weighted by Crippen LogP contribution is 2.17. The van der Waals surface area contributed by atoms with Gasteiger partial charge < -0.3 is 15.0 Å². The maximum absolute atomic E-state index is 13.5. The fraction of sp³-hybridized carbons (Fsp3) is 0.222. The van der Waals surface area contributed by atoms with E-state index >= 15 is 0 Å². The van der Waals surface area contributed by atoms with Crippen LogP contribution in [0.5, 0.6) is 5.75 Å². The number of halogens is 2. The van der Waals surface area contributed by atoms with Crippen LogP contribution in [0.2, 0.25) is 0 Å². The number of carbonyl (C=O) groups is 2. The highest BCUT2D eigenvalue weighted by atomic mass is 19.1. The molecule has 2 rings (SSSR count). The van der Waals surface area contributed by atoms with Gasteiger partial charge in [0, 0.05) is 32.3 Å². The Labute approximate surface area is 144 Å². The largest absolute Gasteiger partial charge is 0.481 e. The molecule has 0 atom stereocenters. The van der Waals surface area contributed by atoms with Crippen LogP contribution in [-0.4, -0.2) is 37.4 Å². The molecule has 0 aromatic heterocycles. The first-order valence-electron chi connectivity index (χ1n) is 7.53. The Balaban J connectivity index is 1.90. The summed E-state index contributed by atoms with van der Waals surface area (Å²) in [7, 11) is 3.13. The van der Waals surface area contributed by atoms with Gasteiger partial charge in [0.25, 0.3) is 11.8 Å². The third kappa shape index (κ3) is 5.00. The zero-order valence-electron chi connectivity index (χ0n) is 13.9. The van der Waals surface area contributed by atoms with Gasteiger partial charge in [-0.1, -0.05) is 12.1 Å². The second-order valence-corrected chi connectivity index (χ2v) is 5.39. The smallest absolute Gasteiger partial charge is 0.260 e. The van der Waals surface area contributed by atoms with Gasteiger partial charge in [0.15, 0.2) is 18.2 Å². The number of rotatable bonds is 6. The average Bonchev–Trinajstić information content (AvgIpc) is 2.60. The molecular formula is C18H18F2N2O3. The van der Waals surface area contributed by atoms with E-state index in [1.807, 2.05) is 0 Å². The molecule has 0 aliphatic carbocycles. The molecule has 0 aliphatic rings. The molecule has 5 nitrogen and oxygen atoms in total. The van der Waals surface area contributed by atoms with E-state index in [2.05, 4.69) is 5.32 Å². The predicted octanol–water partition coefficient (Wildman–Crippen LogP) is 2.36. The van der Waals surface area contributed by atoms with Crippen molar-refractivity contribution in [2.24, 2.45) is 0 Å². The number of ether oxygens (including phenoxy) is 1. The van der Waals surface area contributed by atoms with Crippen LogP contribution in [0.1, 0.15) is 15.9 Å². The van der Waals surface area contributed by atoms with Crippen molar-refractivity contribution in [2.45, 2.75) is 6.54 Å². The van der Waals surface area contributed by atoms with E-state index in [1.54, 1.807) is 38.4 Å². The first-order chi connectivity index (χ1) is 11.9. The van der Waals surface area contributed by atoms with Crippen molar-refractivity contribution in [3.8, 4) is 5.75 Å². The third-order valence-electron chi connectivity index (χ3n) is 3.53. The average molecular weight is 348 g/mol. The second kappa shape index (κ2) is 8.23. The van der Waals surface area contributed by atoms with E-state index in [0.717, 1.165) is 17.7 Å². The summed E-state index contributed by atoms with van der Waals surface area (Å²) in [4.78, 5) is 25.0. The number of carbonyl (C=O) groups excluding carboxylic acids is 2. The van der Waals surface area contributed by atoms with Gasteiger partial charge in [-0.3, -0.25) is 9.59 Å². The van der Waals surface area contributed by atoms with Crippen molar-refractivity contribution in [2.75, 3.05) is 20.7 Å². The minimum atomic E-state index is -0.861. The van der Waals surface area contributed by atoms with Crippen molar-refractivity contribution in [3.63, 3.8) is 0 Å². The summed E-state index contributed by atoms with van der Waals surface area (Å²) in [6, 6.07) is 9.70. The van der Waals surface area contributed by atoms with Crippen molar-refractivity contribution in [1.82, 2.24) is 10.2 Å². The monoisotopic (exact) mass is 348 g/mol. The van der Waals surface area contributed by atoms with Gasteiger partial charge in [0.1, 0.15) is 5.82 Å². The summed E-state index contributed by atoms with van der Waals surface area (Å²) >= 11 is 0. The number of nitrogens with one attached hydrogen (secondary N) is 1. The lowest BCUT2D eigenvalue weighted by Gasteiger charge is -2.18.